The van der Waals surface area contributed by atoms with Gasteiger partial charge in [0.1, 0.15) is 10.7 Å². The third-order valence-corrected chi connectivity index (χ3v) is 5.49. The van der Waals surface area contributed by atoms with Gasteiger partial charge >= 0.3 is 0 Å². The van der Waals surface area contributed by atoms with Crippen LogP contribution < -0.4 is 10.5 Å². The van der Waals surface area contributed by atoms with Gasteiger partial charge in [0.2, 0.25) is 10.0 Å². The molecule has 0 amide bonds. The van der Waals surface area contributed by atoms with Gasteiger partial charge in [0.25, 0.3) is 0 Å². The van der Waals surface area contributed by atoms with Crippen LogP contribution in [0.4, 0.5) is 10.1 Å². The van der Waals surface area contributed by atoms with Gasteiger partial charge in [-0.3, -0.25) is 0 Å². The highest BCUT2D eigenvalue weighted by molar-refractivity contribution is 7.89. The summed E-state index contributed by atoms with van der Waals surface area (Å²) in [6.45, 7) is 3.82. The van der Waals surface area contributed by atoms with E-state index in [1.54, 1.807) is 7.11 Å². The number of nitrogens with two attached hydrogens (primary N) is 1. The van der Waals surface area contributed by atoms with Crippen LogP contribution in [0.5, 0.6) is 0 Å². The molecule has 0 spiro atoms. The zero-order chi connectivity index (χ0) is 15.1. The van der Waals surface area contributed by atoms with Crippen molar-refractivity contribution in [1.29, 1.82) is 0 Å². The first-order chi connectivity index (χ1) is 9.18. The number of nitrogen functional groups attached to an aromatic ring is 1. The molecule has 3 N–H and O–H groups in total. The standard InChI is InChI=1S/C13H19FN2O3S/c1-13(2)11(7-12(13)19-3)16-20(17,18)10-6-8(15)4-5-9(10)14/h4-6,11-12,16H,7,15H2,1-3H3. The van der Waals surface area contributed by atoms with Crippen molar-refractivity contribution in [3.63, 3.8) is 0 Å². The molecule has 0 aliphatic heterocycles. The number of sulfonamides is 1. The zero-order valence-corrected chi connectivity index (χ0v) is 12.5. The maximum atomic E-state index is 13.7. The Labute approximate surface area is 118 Å². The van der Waals surface area contributed by atoms with Crippen molar-refractivity contribution in [2.75, 3.05) is 12.8 Å². The molecular formula is C13H19FN2O3S. The lowest BCUT2D eigenvalue weighted by Crippen LogP contribution is -2.61. The zero-order valence-electron chi connectivity index (χ0n) is 11.7. The topological polar surface area (TPSA) is 81.4 Å². The second-order valence-corrected chi connectivity index (χ2v) is 7.33. The minimum atomic E-state index is -3.94. The third kappa shape index (κ3) is 2.53. The number of nitrogens with one attached hydrogen (secondary N) is 1. The maximum absolute atomic E-state index is 13.7. The Morgan fingerprint density at radius 3 is 2.65 bits per heavy atom. The van der Waals surface area contributed by atoms with E-state index in [1.807, 2.05) is 13.8 Å². The van der Waals surface area contributed by atoms with Gasteiger partial charge in [-0.05, 0) is 24.6 Å². The van der Waals surface area contributed by atoms with Crippen LogP contribution in [0.1, 0.15) is 20.3 Å². The van der Waals surface area contributed by atoms with Crippen LogP contribution in [0.25, 0.3) is 0 Å². The van der Waals surface area contributed by atoms with E-state index < -0.39 is 20.7 Å². The summed E-state index contributed by atoms with van der Waals surface area (Å²) in [5, 5.41) is 0. The average Bonchev–Trinajstić information content (AvgIpc) is 2.36. The fourth-order valence-corrected chi connectivity index (χ4v) is 3.98. The number of ether oxygens (including phenoxy) is 1. The Morgan fingerprint density at radius 2 is 2.10 bits per heavy atom. The number of hydrogen-bond donors (Lipinski definition) is 2. The number of rotatable bonds is 4. The molecule has 2 atom stereocenters. The van der Waals surface area contributed by atoms with E-state index in [0.29, 0.717) is 6.42 Å². The highest BCUT2D eigenvalue weighted by Crippen LogP contribution is 2.43. The van der Waals surface area contributed by atoms with Crippen LogP contribution in [-0.4, -0.2) is 27.7 Å². The molecule has 0 radical (unpaired) electrons. The van der Waals surface area contributed by atoms with Crippen molar-refractivity contribution in [2.45, 2.75) is 37.3 Å². The maximum Gasteiger partial charge on any atom is 0.243 e. The molecule has 0 bridgehead atoms. The molecule has 2 rings (SSSR count). The highest BCUT2D eigenvalue weighted by atomic mass is 32.2. The normalized spacial score (nSPS) is 25.2. The molecule has 1 aromatic rings. The van der Waals surface area contributed by atoms with Crippen LogP contribution in [0.3, 0.4) is 0 Å². The van der Waals surface area contributed by atoms with E-state index in [0.717, 1.165) is 12.1 Å². The summed E-state index contributed by atoms with van der Waals surface area (Å²) in [6, 6.07) is 3.20. The van der Waals surface area contributed by atoms with E-state index in [2.05, 4.69) is 4.72 Å². The number of methoxy groups -OCH3 is 1. The summed E-state index contributed by atoms with van der Waals surface area (Å²) in [4.78, 5) is -0.422. The van der Waals surface area contributed by atoms with Crippen molar-refractivity contribution in [3.8, 4) is 0 Å². The van der Waals surface area contributed by atoms with E-state index in [-0.39, 0.29) is 23.2 Å². The Kier molecular flexibility index (Phi) is 3.79. The van der Waals surface area contributed by atoms with Crippen LogP contribution in [0.2, 0.25) is 0 Å². The molecule has 0 heterocycles. The molecule has 5 nitrogen and oxygen atoms in total. The van der Waals surface area contributed by atoms with Crippen molar-refractivity contribution in [1.82, 2.24) is 4.72 Å². The van der Waals surface area contributed by atoms with Crippen LogP contribution in [-0.2, 0) is 14.8 Å². The number of hydrogen-bond acceptors (Lipinski definition) is 4. The lowest BCUT2D eigenvalue weighted by Gasteiger charge is -2.50. The van der Waals surface area contributed by atoms with Gasteiger partial charge in [0, 0.05) is 24.3 Å². The van der Waals surface area contributed by atoms with E-state index in [4.69, 9.17) is 10.5 Å². The fourth-order valence-electron chi connectivity index (χ4n) is 2.46. The second-order valence-electron chi connectivity index (χ2n) is 5.65. The van der Waals surface area contributed by atoms with Gasteiger partial charge in [-0.25, -0.2) is 17.5 Å². The van der Waals surface area contributed by atoms with Gasteiger partial charge in [-0.15, -0.1) is 0 Å². The summed E-state index contributed by atoms with van der Waals surface area (Å²) in [6.07, 6.45) is 0.549. The van der Waals surface area contributed by atoms with Gasteiger partial charge in [0.05, 0.1) is 6.10 Å². The quantitative estimate of drug-likeness (QED) is 0.826. The minimum Gasteiger partial charge on any atom is -0.399 e. The van der Waals surface area contributed by atoms with E-state index in [9.17, 15) is 12.8 Å². The Bertz CT molecular complexity index is 616. The Balaban J connectivity index is 2.23. The fraction of sp³-hybridized carbons (Fsp3) is 0.538. The molecular weight excluding hydrogens is 283 g/mol. The molecule has 1 fully saturated rings. The largest absolute Gasteiger partial charge is 0.399 e. The van der Waals surface area contributed by atoms with Crippen LogP contribution in [0.15, 0.2) is 23.1 Å². The molecule has 20 heavy (non-hydrogen) atoms. The molecule has 1 saturated carbocycles. The van der Waals surface area contributed by atoms with Gasteiger partial charge in [0.15, 0.2) is 0 Å². The smallest absolute Gasteiger partial charge is 0.243 e. The highest BCUT2D eigenvalue weighted by Gasteiger charge is 2.50. The Morgan fingerprint density at radius 1 is 1.45 bits per heavy atom. The predicted octanol–water partition coefficient (Wildman–Crippen LogP) is 1.50. The van der Waals surface area contributed by atoms with Crippen molar-refractivity contribution < 1.29 is 17.5 Å². The molecule has 112 valence electrons. The SMILES string of the molecule is COC1CC(NS(=O)(=O)c2cc(N)ccc2F)C1(C)C. The molecule has 2 unspecified atom stereocenters. The second kappa shape index (κ2) is 4.98. The van der Waals surface area contributed by atoms with Crippen molar-refractivity contribution in [2.24, 2.45) is 5.41 Å². The lowest BCUT2D eigenvalue weighted by molar-refractivity contribution is -0.0908. The predicted molar refractivity (Wildman–Crippen MR) is 74.1 cm³/mol. The molecule has 7 heteroatoms. The summed E-state index contributed by atoms with van der Waals surface area (Å²) in [7, 11) is -2.34. The van der Waals surface area contributed by atoms with E-state index in [1.165, 1.54) is 6.07 Å². The average molecular weight is 302 g/mol. The first-order valence-corrected chi connectivity index (χ1v) is 7.77. The van der Waals surface area contributed by atoms with Gasteiger partial charge in [-0.1, -0.05) is 13.8 Å². The first kappa shape index (κ1) is 15.2. The summed E-state index contributed by atoms with van der Waals surface area (Å²) < 4.78 is 46.0. The number of halogens is 1. The minimum absolute atomic E-state index is 0.0131. The number of benzene rings is 1. The monoisotopic (exact) mass is 302 g/mol. The third-order valence-electron chi connectivity index (χ3n) is 4.00. The Hall–Kier alpha value is -1.18. The summed E-state index contributed by atoms with van der Waals surface area (Å²) in [5.41, 5.74) is 5.39. The summed E-state index contributed by atoms with van der Waals surface area (Å²) in [5.74, 6) is -0.813. The van der Waals surface area contributed by atoms with E-state index >= 15 is 0 Å². The van der Waals surface area contributed by atoms with Crippen LogP contribution >= 0.6 is 0 Å². The van der Waals surface area contributed by atoms with Crippen LogP contribution in [0, 0.1) is 11.2 Å². The molecule has 0 aromatic heterocycles. The van der Waals surface area contributed by atoms with Gasteiger partial charge < -0.3 is 10.5 Å². The molecule has 1 aliphatic carbocycles. The van der Waals surface area contributed by atoms with Gasteiger partial charge in [-0.2, -0.15) is 0 Å². The number of anilines is 1. The molecule has 1 aromatic carbocycles. The summed E-state index contributed by atoms with van der Waals surface area (Å²) >= 11 is 0. The van der Waals surface area contributed by atoms with Crippen molar-refractivity contribution in [3.05, 3.63) is 24.0 Å². The van der Waals surface area contributed by atoms with Crippen molar-refractivity contribution >= 4 is 15.7 Å². The molecule has 1 aliphatic rings. The molecule has 0 saturated heterocycles. The first-order valence-electron chi connectivity index (χ1n) is 6.28. The lowest BCUT2D eigenvalue weighted by atomic mass is 9.65.